The standard InChI is InChI=1S/C16H25NO6S/c1-23-16(20)11-6-4-8-14(11)24(21,22)17-12-7-3-2-5-10(12)9-13(17)15(18)19/h10-14H,2-9H2,1H3,(H,18,19). The van der Waals surface area contributed by atoms with Crippen molar-refractivity contribution in [2.45, 2.75) is 68.7 Å². The molecule has 3 rings (SSSR count). The molecule has 8 heteroatoms. The van der Waals surface area contributed by atoms with Gasteiger partial charge in [0.05, 0.1) is 18.3 Å². The van der Waals surface area contributed by atoms with Gasteiger partial charge in [-0.05, 0) is 38.0 Å². The Morgan fingerprint density at radius 1 is 1.08 bits per heavy atom. The smallest absolute Gasteiger partial charge is 0.322 e. The first-order valence-electron chi connectivity index (χ1n) is 8.71. The zero-order chi connectivity index (χ0) is 17.5. The Morgan fingerprint density at radius 2 is 1.79 bits per heavy atom. The zero-order valence-electron chi connectivity index (χ0n) is 13.9. The number of hydrogen-bond acceptors (Lipinski definition) is 5. The van der Waals surface area contributed by atoms with Crippen LogP contribution in [0.3, 0.4) is 0 Å². The Bertz CT molecular complexity index is 618. The summed E-state index contributed by atoms with van der Waals surface area (Å²) < 4.78 is 32.6. The van der Waals surface area contributed by atoms with Gasteiger partial charge in [-0.25, -0.2) is 8.42 Å². The number of sulfonamides is 1. The highest BCUT2D eigenvalue weighted by atomic mass is 32.2. The maximum atomic E-state index is 13.3. The molecule has 1 saturated heterocycles. The molecule has 0 spiro atoms. The van der Waals surface area contributed by atoms with Crippen LogP contribution in [0.1, 0.15) is 51.4 Å². The Morgan fingerprint density at radius 3 is 2.46 bits per heavy atom. The first kappa shape index (κ1) is 17.7. The lowest BCUT2D eigenvalue weighted by Crippen LogP contribution is -2.51. The van der Waals surface area contributed by atoms with Gasteiger partial charge < -0.3 is 9.84 Å². The summed E-state index contributed by atoms with van der Waals surface area (Å²) in [5.41, 5.74) is 0. The summed E-state index contributed by atoms with van der Waals surface area (Å²) >= 11 is 0. The third-order valence-electron chi connectivity index (χ3n) is 5.95. The molecular formula is C16H25NO6S. The van der Waals surface area contributed by atoms with Crippen LogP contribution in [-0.2, 0) is 24.3 Å². The summed E-state index contributed by atoms with van der Waals surface area (Å²) in [5.74, 6) is -2.15. The predicted molar refractivity (Wildman–Crippen MR) is 85.7 cm³/mol. The van der Waals surface area contributed by atoms with Crippen LogP contribution in [0.25, 0.3) is 0 Å². The van der Waals surface area contributed by atoms with Crippen molar-refractivity contribution >= 4 is 22.0 Å². The molecule has 136 valence electrons. The van der Waals surface area contributed by atoms with Gasteiger partial charge >= 0.3 is 11.9 Å². The van der Waals surface area contributed by atoms with Crippen LogP contribution in [0.4, 0.5) is 0 Å². The minimum atomic E-state index is -3.86. The molecule has 3 fully saturated rings. The van der Waals surface area contributed by atoms with E-state index in [1.54, 1.807) is 0 Å². The minimum Gasteiger partial charge on any atom is -0.480 e. The molecule has 7 nitrogen and oxygen atoms in total. The molecule has 1 aliphatic heterocycles. The number of esters is 1. The fourth-order valence-electron chi connectivity index (χ4n) is 4.86. The number of carboxylic acid groups (broad SMARTS) is 1. The third-order valence-corrected chi connectivity index (χ3v) is 8.39. The highest BCUT2D eigenvalue weighted by Crippen LogP contribution is 2.44. The van der Waals surface area contributed by atoms with Crippen LogP contribution in [0.2, 0.25) is 0 Å². The van der Waals surface area contributed by atoms with E-state index in [0.717, 1.165) is 19.3 Å². The number of carbonyl (C=O) groups excluding carboxylic acids is 1. The van der Waals surface area contributed by atoms with E-state index >= 15 is 0 Å². The van der Waals surface area contributed by atoms with Gasteiger partial charge in [-0.2, -0.15) is 4.31 Å². The van der Waals surface area contributed by atoms with Crippen molar-refractivity contribution in [1.82, 2.24) is 4.31 Å². The molecule has 0 amide bonds. The van der Waals surface area contributed by atoms with Crippen molar-refractivity contribution in [2.24, 2.45) is 11.8 Å². The van der Waals surface area contributed by atoms with Gasteiger partial charge in [0.2, 0.25) is 10.0 Å². The molecule has 0 radical (unpaired) electrons. The topological polar surface area (TPSA) is 101 Å². The van der Waals surface area contributed by atoms with E-state index in [2.05, 4.69) is 0 Å². The molecule has 1 N–H and O–H groups in total. The van der Waals surface area contributed by atoms with Crippen molar-refractivity contribution in [3.63, 3.8) is 0 Å². The Kier molecular flexibility index (Phi) is 4.88. The van der Waals surface area contributed by atoms with E-state index in [-0.39, 0.29) is 12.0 Å². The van der Waals surface area contributed by atoms with Gasteiger partial charge in [0, 0.05) is 6.04 Å². The molecule has 3 aliphatic rings. The Labute approximate surface area is 142 Å². The van der Waals surface area contributed by atoms with E-state index in [1.807, 2.05) is 0 Å². The van der Waals surface area contributed by atoms with Crippen LogP contribution in [0.15, 0.2) is 0 Å². The van der Waals surface area contributed by atoms with Crippen molar-refractivity contribution in [1.29, 1.82) is 0 Å². The highest BCUT2D eigenvalue weighted by molar-refractivity contribution is 7.89. The number of hydrogen-bond donors (Lipinski definition) is 1. The third kappa shape index (κ3) is 2.83. The Balaban J connectivity index is 1.94. The quantitative estimate of drug-likeness (QED) is 0.761. The molecule has 24 heavy (non-hydrogen) atoms. The van der Waals surface area contributed by atoms with Gasteiger partial charge in [0.25, 0.3) is 0 Å². The number of carbonyl (C=O) groups is 2. The highest BCUT2D eigenvalue weighted by Gasteiger charge is 2.55. The molecular weight excluding hydrogens is 334 g/mol. The van der Waals surface area contributed by atoms with E-state index < -0.39 is 39.2 Å². The van der Waals surface area contributed by atoms with Crippen molar-refractivity contribution < 1.29 is 27.9 Å². The average molecular weight is 359 g/mol. The SMILES string of the molecule is COC(=O)C1CCCC1S(=O)(=O)N1C(C(=O)O)CC2CCCCC21. The molecule has 2 aliphatic carbocycles. The first-order valence-corrected chi connectivity index (χ1v) is 10.2. The van der Waals surface area contributed by atoms with Crippen LogP contribution in [-0.4, -0.2) is 54.2 Å². The second kappa shape index (κ2) is 6.63. The van der Waals surface area contributed by atoms with Gasteiger partial charge in [0.1, 0.15) is 6.04 Å². The second-order valence-corrected chi connectivity index (χ2v) is 9.23. The molecule has 0 aromatic heterocycles. The van der Waals surface area contributed by atoms with Crippen LogP contribution in [0, 0.1) is 11.8 Å². The van der Waals surface area contributed by atoms with Crippen molar-refractivity contribution in [3.05, 3.63) is 0 Å². The summed E-state index contributed by atoms with van der Waals surface area (Å²) in [7, 11) is -2.59. The van der Waals surface area contributed by atoms with E-state index in [1.165, 1.54) is 11.4 Å². The van der Waals surface area contributed by atoms with Crippen LogP contribution >= 0.6 is 0 Å². The molecule has 2 saturated carbocycles. The minimum absolute atomic E-state index is 0.118. The summed E-state index contributed by atoms with van der Waals surface area (Å²) in [4.78, 5) is 23.7. The van der Waals surface area contributed by atoms with E-state index in [9.17, 15) is 23.1 Å². The predicted octanol–water partition coefficient (Wildman–Crippen LogP) is 1.38. The van der Waals surface area contributed by atoms with Gasteiger partial charge in [0.15, 0.2) is 0 Å². The maximum absolute atomic E-state index is 13.3. The lowest BCUT2D eigenvalue weighted by Gasteiger charge is -2.34. The largest absolute Gasteiger partial charge is 0.480 e. The fourth-order valence-corrected chi connectivity index (χ4v) is 7.48. The number of aliphatic carboxylic acids is 1. The number of methoxy groups -OCH3 is 1. The van der Waals surface area contributed by atoms with Crippen LogP contribution < -0.4 is 0 Å². The average Bonchev–Trinajstić information content (AvgIpc) is 3.19. The second-order valence-electron chi connectivity index (χ2n) is 7.18. The fraction of sp³-hybridized carbons (Fsp3) is 0.875. The number of carboxylic acids is 1. The summed E-state index contributed by atoms with van der Waals surface area (Å²) in [6.07, 6.45) is 5.44. The monoisotopic (exact) mass is 359 g/mol. The van der Waals surface area contributed by atoms with Crippen molar-refractivity contribution in [3.8, 4) is 0 Å². The lowest BCUT2D eigenvalue weighted by atomic mass is 9.85. The molecule has 0 bridgehead atoms. The Hall–Kier alpha value is -1.15. The molecule has 1 heterocycles. The lowest BCUT2D eigenvalue weighted by molar-refractivity contribution is -0.145. The van der Waals surface area contributed by atoms with Crippen molar-refractivity contribution in [2.75, 3.05) is 7.11 Å². The molecule has 0 aromatic carbocycles. The van der Waals surface area contributed by atoms with E-state index in [0.29, 0.717) is 32.1 Å². The normalized spacial score (nSPS) is 37.1. The first-order chi connectivity index (χ1) is 11.4. The molecule has 0 aromatic rings. The zero-order valence-corrected chi connectivity index (χ0v) is 14.7. The summed E-state index contributed by atoms with van der Waals surface area (Å²) in [5, 5.41) is 8.71. The number of rotatable bonds is 4. The molecule has 5 atom stereocenters. The number of fused-ring (bicyclic) bond motifs is 1. The number of ether oxygens (including phenoxy) is 1. The van der Waals surface area contributed by atoms with Gasteiger partial charge in [-0.1, -0.05) is 19.3 Å². The van der Waals surface area contributed by atoms with Gasteiger partial charge in [-0.3, -0.25) is 9.59 Å². The van der Waals surface area contributed by atoms with Gasteiger partial charge in [-0.15, -0.1) is 0 Å². The molecule has 5 unspecified atom stereocenters. The summed E-state index contributed by atoms with van der Waals surface area (Å²) in [6, 6.07) is -1.23. The van der Waals surface area contributed by atoms with E-state index in [4.69, 9.17) is 4.74 Å². The number of nitrogens with zero attached hydrogens (tertiary/aromatic N) is 1. The maximum Gasteiger partial charge on any atom is 0.322 e. The van der Waals surface area contributed by atoms with Crippen LogP contribution in [0.5, 0.6) is 0 Å². The summed E-state index contributed by atoms with van der Waals surface area (Å²) in [6.45, 7) is 0.